The van der Waals surface area contributed by atoms with Crippen LogP contribution in [0.3, 0.4) is 0 Å². The first-order chi connectivity index (χ1) is 9.08. The molecule has 3 rings (SSSR count). The van der Waals surface area contributed by atoms with Gasteiger partial charge in [-0.3, -0.25) is 0 Å². The molecule has 3 nitrogen and oxygen atoms in total. The molecule has 1 aromatic carbocycles. The van der Waals surface area contributed by atoms with E-state index >= 15 is 0 Å². The van der Waals surface area contributed by atoms with Gasteiger partial charge in [0, 0.05) is 5.92 Å². The van der Waals surface area contributed by atoms with Crippen LogP contribution in [0, 0.1) is 3.57 Å². The van der Waals surface area contributed by atoms with Crippen molar-refractivity contribution in [3.8, 4) is 11.4 Å². The average Bonchev–Trinajstić information content (AvgIpc) is 3.17. The Labute approximate surface area is 134 Å². The largest absolute Gasteiger partial charge is 0.383 e. The molecule has 2 aromatic rings. The molecule has 98 valence electrons. The first-order valence-corrected chi connectivity index (χ1v) is 7.68. The van der Waals surface area contributed by atoms with E-state index in [1.54, 1.807) is 18.2 Å². The maximum atomic E-state index is 6.20. The Hall–Kier alpha value is -0.590. The van der Waals surface area contributed by atoms with E-state index in [0.717, 1.165) is 22.1 Å². The number of anilines is 1. The van der Waals surface area contributed by atoms with Gasteiger partial charge in [0.05, 0.1) is 24.9 Å². The van der Waals surface area contributed by atoms with Crippen molar-refractivity contribution >= 4 is 51.6 Å². The van der Waals surface area contributed by atoms with Crippen molar-refractivity contribution in [2.75, 3.05) is 5.73 Å². The van der Waals surface area contributed by atoms with Crippen molar-refractivity contribution in [2.45, 2.75) is 18.8 Å². The van der Waals surface area contributed by atoms with Crippen molar-refractivity contribution in [1.82, 2.24) is 9.97 Å². The maximum Gasteiger partial charge on any atom is 0.164 e. The number of nitrogens with two attached hydrogens (primary N) is 1. The molecule has 1 fully saturated rings. The predicted molar refractivity (Wildman–Crippen MR) is 86.6 cm³/mol. The van der Waals surface area contributed by atoms with E-state index in [2.05, 4.69) is 32.6 Å². The quantitative estimate of drug-likeness (QED) is 0.747. The van der Waals surface area contributed by atoms with Gasteiger partial charge in [-0.05, 0) is 47.6 Å². The SMILES string of the molecule is Nc1nc(-c2c(Cl)cccc2Cl)nc(C2CC2)c1I. The molecule has 1 aromatic heterocycles. The molecule has 0 amide bonds. The van der Waals surface area contributed by atoms with Gasteiger partial charge in [0.2, 0.25) is 0 Å². The third-order valence-corrected chi connectivity index (χ3v) is 4.79. The molecular weight excluding hydrogens is 396 g/mol. The van der Waals surface area contributed by atoms with E-state index < -0.39 is 0 Å². The molecule has 2 N–H and O–H groups in total. The molecule has 1 saturated carbocycles. The molecule has 1 heterocycles. The second-order valence-electron chi connectivity index (χ2n) is 4.50. The molecule has 0 spiro atoms. The number of aromatic nitrogens is 2. The molecule has 0 saturated heterocycles. The van der Waals surface area contributed by atoms with Crippen LogP contribution in [0.4, 0.5) is 5.82 Å². The van der Waals surface area contributed by atoms with Crippen LogP contribution in [0.1, 0.15) is 24.5 Å². The lowest BCUT2D eigenvalue weighted by molar-refractivity contribution is 0.983. The highest BCUT2D eigenvalue weighted by atomic mass is 127. The summed E-state index contributed by atoms with van der Waals surface area (Å²) in [7, 11) is 0. The predicted octanol–water partition coefficient (Wildman–Crippen LogP) is 4.51. The Bertz CT molecular complexity index is 636. The lowest BCUT2D eigenvalue weighted by Crippen LogP contribution is -2.04. The summed E-state index contributed by atoms with van der Waals surface area (Å²) in [5.41, 5.74) is 7.64. The van der Waals surface area contributed by atoms with Gasteiger partial charge in [0.15, 0.2) is 5.82 Å². The summed E-state index contributed by atoms with van der Waals surface area (Å²) in [5.74, 6) is 1.50. The van der Waals surface area contributed by atoms with Crippen molar-refractivity contribution in [3.05, 3.63) is 37.5 Å². The van der Waals surface area contributed by atoms with Gasteiger partial charge in [-0.2, -0.15) is 0 Å². The molecule has 0 radical (unpaired) electrons. The summed E-state index contributed by atoms with van der Waals surface area (Å²) in [4.78, 5) is 8.95. The summed E-state index contributed by atoms with van der Waals surface area (Å²) in [6.07, 6.45) is 2.31. The fourth-order valence-electron chi connectivity index (χ4n) is 1.93. The fraction of sp³-hybridized carbons (Fsp3) is 0.231. The number of benzene rings is 1. The van der Waals surface area contributed by atoms with Crippen molar-refractivity contribution in [2.24, 2.45) is 0 Å². The Morgan fingerprint density at radius 3 is 2.37 bits per heavy atom. The van der Waals surface area contributed by atoms with Gasteiger partial charge in [-0.15, -0.1) is 0 Å². The van der Waals surface area contributed by atoms with Crippen LogP contribution in [-0.4, -0.2) is 9.97 Å². The van der Waals surface area contributed by atoms with Crippen LogP contribution in [-0.2, 0) is 0 Å². The monoisotopic (exact) mass is 405 g/mol. The van der Waals surface area contributed by atoms with Crippen LogP contribution >= 0.6 is 45.8 Å². The minimum atomic E-state index is 0.489. The molecular formula is C13H10Cl2IN3. The van der Waals surface area contributed by atoms with E-state index in [4.69, 9.17) is 28.9 Å². The molecule has 0 bridgehead atoms. The first kappa shape index (κ1) is 13.4. The topological polar surface area (TPSA) is 51.8 Å². The van der Waals surface area contributed by atoms with E-state index in [0.29, 0.717) is 33.2 Å². The lowest BCUT2D eigenvalue weighted by Gasteiger charge is -2.10. The van der Waals surface area contributed by atoms with Gasteiger partial charge in [-0.25, -0.2) is 9.97 Å². The van der Waals surface area contributed by atoms with Gasteiger partial charge in [-0.1, -0.05) is 29.3 Å². The molecule has 0 unspecified atom stereocenters. The third-order valence-electron chi connectivity index (χ3n) is 3.05. The lowest BCUT2D eigenvalue weighted by atomic mass is 10.2. The number of nitrogen functional groups attached to an aromatic ring is 1. The van der Waals surface area contributed by atoms with Crippen molar-refractivity contribution in [1.29, 1.82) is 0 Å². The highest BCUT2D eigenvalue weighted by molar-refractivity contribution is 14.1. The zero-order valence-electron chi connectivity index (χ0n) is 9.83. The minimum absolute atomic E-state index is 0.489. The Morgan fingerprint density at radius 2 is 1.79 bits per heavy atom. The average molecular weight is 406 g/mol. The zero-order valence-corrected chi connectivity index (χ0v) is 13.5. The normalized spacial score (nSPS) is 14.7. The summed E-state index contributed by atoms with van der Waals surface area (Å²) in [6, 6.07) is 5.35. The molecule has 0 aliphatic heterocycles. The summed E-state index contributed by atoms with van der Waals surface area (Å²) >= 11 is 14.6. The molecule has 1 aliphatic rings. The fourth-order valence-corrected chi connectivity index (χ4v) is 3.18. The van der Waals surface area contributed by atoms with Crippen LogP contribution in [0.25, 0.3) is 11.4 Å². The second kappa shape index (κ2) is 5.07. The van der Waals surface area contributed by atoms with E-state index in [-0.39, 0.29) is 0 Å². The van der Waals surface area contributed by atoms with E-state index in [1.165, 1.54) is 0 Å². The highest BCUT2D eigenvalue weighted by Gasteiger charge is 2.29. The Kier molecular flexibility index (Phi) is 3.57. The van der Waals surface area contributed by atoms with Crippen LogP contribution in [0.15, 0.2) is 18.2 Å². The number of rotatable bonds is 2. The Morgan fingerprint density at radius 1 is 1.16 bits per heavy atom. The zero-order chi connectivity index (χ0) is 13.6. The van der Waals surface area contributed by atoms with Crippen LogP contribution < -0.4 is 5.73 Å². The smallest absolute Gasteiger partial charge is 0.164 e. The van der Waals surface area contributed by atoms with Crippen LogP contribution in [0.2, 0.25) is 10.0 Å². The molecule has 19 heavy (non-hydrogen) atoms. The third kappa shape index (κ3) is 2.53. The van der Waals surface area contributed by atoms with Gasteiger partial charge in [0.1, 0.15) is 5.82 Å². The number of hydrogen-bond donors (Lipinski definition) is 1. The summed E-state index contributed by atoms with van der Waals surface area (Å²) in [5, 5.41) is 1.07. The van der Waals surface area contributed by atoms with E-state index in [1.807, 2.05) is 0 Å². The van der Waals surface area contributed by atoms with E-state index in [9.17, 15) is 0 Å². The molecule has 1 aliphatic carbocycles. The van der Waals surface area contributed by atoms with Crippen molar-refractivity contribution < 1.29 is 0 Å². The molecule has 6 heteroatoms. The van der Waals surface area contributed by atoms with Gasteiger partial charge >= 0.3 is 0 Å². The number of nitrogens with zero attached hydrogens (tertiary/aromatic N) is 2. The second-order valence-corrected chi connectivity index (χ2v) is 6.40. The first-order valence-electron chi connectivity index (χ1n) is 5.85. The Balaban J connectivity index is 2.20. The standard InChI is InChI=1S/C13H10Cl2IN3/c14-7-2-1-3-8(15)9(7)13-18-11(6-4-5-6)10(16)12(17)19-13/h1-3,6H,4-5H2,(H2,17,18,19). The summed E-state index contributed by atoms with van der Waals surface area (Å²) < 4.78 is 0.937. The number of hydrogen-bond acceptors (Lipinski definition) is 3. The molecule has 0 atom stereocenters. The minimum Gasteiger partial charge on any atom is -0.383 e. The maximum absolute atomic E-state index is 6.20. The van der Waals surface area contributed by atoms with Gasteiger partial charge in [0.25, 0.3) is 0 Å². The highest BCUT2D eigenvalue weighted by Crippen LogP contribution is 2.43. The van der Waals surface area contributed by atoms with Crippen molar-refractivity contribution in [3.63, 3.8) is 0 Å². The van der Waals surface area contributed by atoms with Gasteiger partial charge < -0.3 is 5.73 Å². The number of halogens is 3. The summed E-state index contributed by atoms with van der Waals surface area (Å²) in [6.45, 7) is 0. The van der Waals surface area contributed by atoms with Crippen LogP contribution in [0.5, 0.6) is 0 Å².